The number of halogens is 2. The van der Waals surface area contributed by atoms with Crippen molar-refractivity contribution < 1.29 is 46.1 Å². The van der Waals surface area contributed by atoms with Crippen LogP contribution in [0, 0.1) is 32.6 Å². The van der Waals surface area contributed by atoms with Crippen molar-refractivity contribution in [2.75, 3.05) is 0 Å². The van der Waals surface area contributed by atoms with E-state index in [0.29, 0.717) is 23.7 Å². The van der Waals surface area contributed by atoms with Crippen LogP contribution in [0.4, 0.5) is 0 Å². The van der Waals surface area contributed by atoms with Gasteiger partial charge in [0.05, 0.1) is 0 Å². The van der Waals surface area contributed by atoms with Gasteiger partial charge < -0.3 is 24.8 Å². The monoisotopic (exact) mass is 724 g/mol. The molecule has 4 aromatic carbocycles. The van der Waals surface area contributed by atoms with Crippen LogP contribution >= 0.6 is 0 Å². The minimum Gasteiger partial charge on any atom is -1.00 e. The molecule has 0 saturated carbocycles. The molecule has 0 fully saturated rings. The van der Waals surface area contributed by atoms with Crippen molar-refractivity contribution in [2.24, 2.45) is 11.8 Å². The normalized spacial score (nSPS) is 24.0. The Balaban J connectivity index is 0.00000208. The third kappa shape index (κ3) is 4.89. The van der Waals surface area contributed by atoms with Gasteiger partial charge in [0.2, 0.25) is 0 Å². The van der Waals surface area contributed by atoms with Gasteiger partial charge in [-0.15, -0.1) is 0 Å². The first-order chi connectivity index (χ1) is 21.0. The second-order valence-electron chi connectivity index (χ2n) is 14.7. The Hall–Kier alpha value is -2.05. The molecule has 238 valence electrons. The van der Waals surface area contributed by atoms with Crippen LogP contribution in [0.15, 0.2) is 76.1 Å². The van der Waals surface area contributed by atoms with Crippen molar-refractivity contribution in [2.45, 2.75) is 90.6 Å². The van der Waals surface area contributed by atoms with Crippen LogP contribution in [0.3, 0.4) is 0 Å². The summed E-state index contributed by atoms with van der Waals surface area (Å²) in [4.78, 5) is 0. The number of fused-ring (bicyclic) bond motifs is 8. The van der Waals surface area contributed by atoms with Gasteiger partial charge in [-0.05, 0) is 0 Å². The fourth-order valence-corrected chi connectivity index (χ4v) is 20.1. The SMILES string of the molecule is C[C](C)=[Zr+2]([C]1=CC(c2ccccc2)=CC1)[C]1(C)c2c3c(c4ccccc4c2C(C)C(C)C1C)-c1cc(C)c(C)c(C)c1C3C.[Cl-].[Cl-]. The number of aryl methyl sites for hydroxylation is 1. The van der Waals surface area contributed by atoms with Gasteiger partial charge in [-0.1, -0.05) is 0 Å². The maximum absolute atomic E-state index is 2.75. The maximum Gasteiger partial charge on any atom is -1.00 e. The van der Waals surface area contributed by atoms with E-state index in [-0.39, 0.29) is 27.9 Å². The van der Waals surface area contributed by atoms with Crippen molar-refractivity contribution in [1.82, 2.24) is 0 Å². The molecule has 0 aliphatic heterocycles. The predicted molar refractivity (Wildman–Crippen MR) is 189 cm³/mol. The van der Waals surface area contributed by atoms with E-state index in [9.17, 15) is 0 Å². The third-order valence-corrected chi connectivity index (χ3v) is 21.6. The molecule has 5 unspecified atom stereocenters. The second-order valence-corrected chi connectivity index (χ2v) is 23.1. The van der Waals surface area contributed by atoms with Gasteiger partial charge in [0.1, 0.15) is 0 Å². The van der Waals surface area contributed by atoms with Crippen LogP contribution in [0.1, 0.15) is 111 Å². The summed E-state index contributed by atoms with van der Waals surface area (Å²) in [6, 6.07) is 23.0. The summed E-state index contributed by atoms with van der Waals surface area (Å²) in [5.74, 6) is 2.17. The summed E-state index contributed by atoms with van der Waals surface area (Å²) in [7, 11) is 0. The summed E-state index contributed by atoms with van der Waals surface area (Å²) < 4.78 is 3.67. The average Bonchev–Trinajstić information content (AvgIpc) is 3.60. The Bertz CT molecular complexity index is 1960. The molecule has 3 aliphatic carbocycles. The summed E-state index contributed by atoms with van der Waals surface area (Å²) in [5.41, 5.74) is 16.9. The van der Waals surface area contributed by atoms with Crippen LogP contribution in [-0.4, -0.2) is 3.21 Å². The summed E-state index contributed by atoms with van der Waals surface area (Å²) in [5, 5.41) is 2.98. The molecule has 0 radical (unpaired) electrons. The molecular weight excluding hydrogens is 679 g/mol. The first-order valence-electron chi connectivity index (χ1n) is 16.8. The Labute approximate surface area is 297 Å². The number of allylic oxidation sites excluding steroid dienone is 4. The molecule has 0 amide bonds. The molecule has 3 heteroatoms. The fraction of sp³-hybridized carbons (Fsp3) is 0.372. The number of hydrogen-bond acceptors (Lipinski definition) is 0. The summed E-state index contributed by atoms with van der Waals surface area (Å²) in [6.07, 6.45) is 6.28. The topological polar surface area (TPSA) is 0 Å². The molecule has 0 aromatic heterocycles. The predicted octanol–water partition coefficient (Wildman–Crippen LogP) is 5.71. The van der Waals surface area contributed by atoms with Crippen molar-refractivity contribution in [3.05, 3.63) is 121 Å². The van der Waals surface area contributed by atoms with Crippen LogP contribution in [0.25, 0.3) is 27.5 Å². The minimum atomic E-state index is -2.45. The number of rotatable bonds is 3. The standard InChI is InChI=1S/C29H33.C11H9.C3H6.2ClH.Zr/c1-14-13-24-25(18(5)15(14)2)21(8)28-27-20(7)17(4)16(3)19(6)26(27)22-11-9-10-12-23(22)29(24)28;1-2-6-10(7-3-1)11-8-4-5-9-11;1-3-2;;;/h9-13,16-17,19,21H,1-8H3;1-3,6-9H,4H2;1-2H3;2*1H;/q;;;;;+2/p-2. The van der Waals surface area contributed by atoms with Crippen molar-refractivity contribution in [1.29, 1.82) is 0 Å². The maximum atomic E-state index is 2.75. The Morgan fingerprint density at radius 1 is 0.783 bits per heavy atom. The quantitative estimate of drug-likeness (QED) is 0.254. The van der Waals surface area contributed by atoms with Crippen molar-refractivity contribution in [3.63, 3.8) is 0 Å². The molecule has 0 bridgehead atoms. The van der Waals surface area contributed by atoms with Crippen molar-refractivity contribution in [3.8, 4) is 11.1 Å². The first-order valence-corrected chi connectivity index (χ1v) is 20.5. The van der Waals surface area contributed by atoms with Crippen LogP contribution < -0.4 is 24.8 Å². The third-order valence-electron chi connectivity index (χ3n) is 12.4. The van der Waals surface area contributed by atoms with Gasteiger partial charge in [-0.3, -0.25) is 0 Å². The summed E-state index contributed by atoms with van der Waals surface area (Å²) in [6.45, 7) is 25.0. The Morgan fingerprint density at radius 3 is 2.07 bits per heavy atom. The zero-order chi connectivity index (χ0) is 31.2. The molecule has 0 N–H and O–H groups in total. The van der Waals surface area contributed by atoms with Crippen LogP contribution in [0.5, 0.6) is 0 Å². The molecule has 7 rings (SSSR count). The van der Waals surface area contributed by atoms with Gasteiger partial charge >= 0.3 is 275 Å². The van der Waals surface area contributed by atoms with E-state index >= 15 is 0 Å². The molecule has 0 heterocycles. The van der Waals surface area contributed by atoms with Gasteiger partial charge in [0.25, 0.3) is 0 Å². The largest absolute Gasteiger partial charge is 1.00 e. The van der Waals surface area contributed by atoms with E-state index in [2.05, 4.69) is 142 Å². The first kappa shape index (κ1) is 35.3. The van der Waals surface area contributed by atoms with E-state index in [1.165, 1.54) is 44.2 Å². The molecule has 4 aromatic rings. The van der Waals surface area contributed by atoms with E-state index in [1.54, 1.807) is 34.3 Å². The van der Waals surface area contributed by atoms with Crippen LogP contribution in [0.2, 0.25) is 0 Å². The van der Waals surface area contributed by atoms with E-state index in [0.717, 1.165) is 6.42 Å². The van der Waals surface area contributed by atoms with Gasteiger partial charge in [0, 0.05) is 0 Å². The molecule has 46 heavy (non-hydrogen) atoms. The minimum absolute atomic E-state index is 0. The van der Waals surface area contributed by atoms with E-state index < -0.39 is 21.3 Å². The molecule has 5 atom stereocenters. The van der Waals surface area contributed by atoms with Gasteiger partial charge in [0.15, 0.2) is 0 Å². The fourth-order valence-electron chi connectivity index (χ4n) is 9.76. The van der Waals surface area contributed by atoms with Gasteiger partial charge in [-0.2, -0.15) is 0 Å². The average molecular weight is 727 g/mol. The molecule has 0 saturated heterocycles. The molecule has 0 nitrogen and oxygen atoms in total. The number of benzene rings is 4. The number of hydrogen-bond donors (Lipinski definition) is 0. The van der Waals surface area contributed by atoms with Gasteiger partial charge in [-0.25, -0.2) is 0 Å². The Kier molecular flexibility index (Phi) is 9.79. The van der Waals surface area contributed by atoms with E-state index in [4.69, 9.17) is 0 Å². The van der Waals surface area contributed by atoms with E-state index in [1.807, 2.05) is 0 Å². The molecule has 0 spiro atoms. The smallest absolute Gasteiger partial charge is 1.00 e. The van der Waals surface area contributed by atoms with Crippen LogP contribution in [-0.2, 0) is 24.4 Å². The summed E-state index contributed by atoms with van der Waals surface area (Å²) >= 11 is -2.45. The molecule has 3 aliphatic rings. The second kappa shape index (κ2) is 12.8. The Morgan fingerprint density at radius 2 is 1.41 bits per heavy atom. The zero-order valence-electron chi connectivity index (χ0n) is 29.2. The van der Waals surface area contributed by atoms with Crippen molar-refractivity contribution >= 4 is 19.6 Å². The zero-order valence-corrected chi connectivity index (χ0v) is 33.2. The molecular formula is C43H48Cl2Zr.